The highest BCUT2D eigenvalue weighted by molar-refractivity contribution is 6.04. The van der Waals surface area contributed by atoms with Crippen molar-refractivity contribution in [1.29, 1.82) is 0 Å². The van der Waals surface area contributed by atoms with Gasteiger partial charge in [-0.1, -0.05) is 20.8 Å². The molecule has 1 aromatic carbocycles. The molecular weight excluding hydrogens is 304 g/mol. The quantitative estimate of drug-likeness (QED) is 0.787. The lowest BCUT2D eigenvalue weighted by atomic mass is 10.1. The van der Waals surface area contributed by atoms with Gasteiger partial charge in [0.25, 0.3) is 5.91 Å². The van der Waals surface area contributed by atoms with Gasteiger partial charge in [-0.05, 0) is 42.5 Å². The fourth-order valence-corrected chi connectivity index (χ4v) is 2.51. The number of carbonyl (C=O) groups excluding carboxylic acids is 2. The number of H-pyrrole nitrogens is 1. The number of nitrogens with zero attached hydrogens (tertiary/aromatic N) is 1. The molecule has 1 aliphatic rings. The van der Waals surface area contributed by atoms with E-state index >= 15 is 0 Å². The van der Waals surface area contributed by atoms with Gasteiger partial charge in [-0.25, -0.2) is 0 Å². The van der Waals surface area contributed by atoms with Crippen LogP contribution in [0, 0.1) is 11.8 Å². The van der Waals surface area contributed by atoms with Crippen LogP contribution in [-0.4, -0.2) is 22.0 Å². The summed E-state index contributed by atoms with van der Waals surface area (Å²) in [4.78, 5) is 24.1. The first-order valence-corrected chi connectivity index (χ1v) is 8.21. The molecule has 0 radical (unpaired) electrons. The van der Waals surface area contributed by atoms with Crippen LogP contribution < -0.4 is 10.6 Å². The number of aromatic nitrogens is 2. The zero-order valence-electron chi connectivity index (χ0n) is 14.1. The molecule has 1 heterocycles. The van der Waals surface area contributed by atoms with Crippen molar-refractivity contribution in [1.82, 2.24) is 10.2 Å². The van der Waals surface area contributed by atoms with Crippen molar-refractivity contribution in [3.8, 4) is 0 Å². The van der Waals surface area contributed by atoms with Crippen LogP contribution in [0.1, 0.15) is 49.2 Å². The van der Waals surface area contributed by atoms with Crippen LogP contribution in [-0.2, 0) is 4.79 Å². The molecule has 0 saturated heterocycles. The molecule has 1 aliphatic carbocycles. The van der Waals surface area contributed by atoms with Crippen molar-refractivity contribution < 1.29 is 9.59 Å². The number of benzene rings is 1. The summed E-state index contributed by atoms with van der Waals surface area (Å²) in [5.74, 6) is 1.24. The molecule has 24 heavy (non-hydrogen) atoms. The summed E-state index contributed by atoms with van der Waals surface area (Å²) in [6, 6.07) is 8.69. The topological polar surface area (TPSA) is 86.9 Å². The summed E-state index contributed by atoms with van der Waals surface area (Å²) in [7, 11) is 0. The zero-order valence-corrected chi connectivity index (χ0v) is 14.1. The van der Waals surface area contributed by atoms with Gasteiger partial charge in [0.15, 0.2) is 5.82 Å². The Balaban J connectivity index is 1.59. The van der Waals surface area contributed by atoms with Gasteiger partial charge in [0.2, 0.25) is 5.91 Å². The van der Waals surface area contributed by atoms with Crippen LogP contribution in [0.5, 0.6) is 0 Å². The highest BCUT2D eigenvalue weighted by Crippen LogP contribution is 2.38. The standard InChI is InChI=1S/C18H22N4O2/c1-10(2)15-9-16(22-21-15)20-17(23)12-4-6-13(7-5-12)19-18(24)14-8-11(14)3/h4-7,9-11,14H,8H2,1-3H3,(H,19,24)(H2,20,21,22,23). The lowest BCUT2D eigenvalue weighted by Gasteiger charge is -2.06. The van der Waals surface area contributed by atoms with Crippen LogP contribution >= 0.6 is 0 Å². The Hall–Kier alpha value is -2.63. The molecule has 2 atom stereocenters. The summed E-state index contributed by atoms with van der Waals surface area (Å²) in [5, 5.41) is 12.6. The van der Waals surface area contributed by atoms with Crippen molar-refractivity contribution in [3.63, 3.8) is 0 Å². The normalized spacial score (nSPS) is 19.2. The predicted octanol–water partition coefficient (Wildman–Crippen LogP) is 3.38. The van der Waals surface area contributed by atoms with Gasteiger partial charge in [0.1, 0.15) is 0 Å². The minimum atomic E-state index is -0.231. The Kier molecular flexibility index (Phi) is 4.38. The fraction of sp³-hybridized carbons (Fsp3) is 0.389. The molecule has 2 aromatic rings. The van der Waals surface area contributed by atoms with E-state index in [9.17, 15) is 9.59 Å². The average Bonchev–Trinajstić information content (AvgIpc) is 3.09. The lowest BCUT2D eigenvalue weighted by molar-refractivity contribution is -0.117. The molecule has 0 bridgehead atoms. The summed E-state index contributed by atoms with van der Waals surface area (Å²) in [6.07, 6.45) is 0.953. The molecule has 1 aromatic heterocycles. The molecule has 6 nitrogen and oxygen atoms in total. The number of hydrogen-bond acceptors (Lipinski definition) is 3. The third-order valence-electron chi connectivity index (χ3n) is 4.32. The largest absolute Gasteiger partial charge is 0.326 e. The van der Waals surface area contributed by atoms with Crippen molar-refractivity contribution in [2.45, 2.75) is 33.1 Å². The smallest absolute Gasteiger partial charge is 0.256 e. The molecule has 3 rings (SSSR count). The number of rotatable bonds is 5. The first-order chi connectivity index (χ1) is 11.4. The van der Waals surface area contributed by atoms with E-state index < -0.39 is 0 Å². The second-order valence-electron chi connectivity index (χ2n) is 6.70. The molecule has 2 unspecified atom stereocenters. The van der Waals surface area contributed by atoms with Crippen LogP contribution in [0.2, 0.25) is 0 Å². The second-order valence-corrected chi connectivity index (χ2v) is 6.70. The van der Waals surface area contributed by atoms with Gasteiger partial charge in [0, 0.05) is 28.9 Å². The van der Waals surface area contributed by atoms with Crippen LogP contribution in [0.4, 0.5) is 11.5 Å². The number of carbonyl (C=O) groups is 2. The zero-order chi connectivity index (χ0) is 17.3. The molecule has 0 aliphatic heterocycles. The molecule has 1 saturated carbocycles. The van der Waals surface area contributed by atoms with E-state index in [1.807, 2.05) is 6.07 Å². The molecule has 1 fully saturated rings. The van der Waals surface area contributed by atoms with Crippen molar-refractivity contribution in [2.24, 2.45) is 11.8 Å². The number of nitrogens with one attached hydrogen (secondary N) is 3. The minimum Gasteiger partial charge on any atom is -0.326 e. The maximum absolute atomic E-state index is 12.2. The molecule has 3 N–H and O–H groups in total. The minimum absolute atomic E-state index is 0.0532. The van der Waals surface area contributed by atoms with Gasteiger partial charge in [-0.2, -0.15) is 5.10 Å². The maximum atomic E-state index is 12.2. The molecule has 6 heteroatoms. The molecule has 126 valence electrons. The van der Waals surface area contributed by atoms with Gasteiger partial charge < -0.3 is 10.6 Å². The molecule has 2 amide bonds. The Morgan fingerprint density at radius 2 is 1.88 bits per heavy atom. The third-order valence-corrected chi connectivity index (χ3v) is 4.32. The van der Waals surface area contributed by atoms with E-state index in [0.29, 0.717) is 28.9 Å². The summed E-state index contributed by atoms with van der Waals surface area (Å²) < 4.78 is 0. The Bertz CT molecular complexity index is 749. The second kappa shape index (κ2) is 6.47. The highest BCUT2D eigenvalue weighted by Gasteiger charge is 2.39. The van der Waals surface area contributed by atoms with E-state index in [1.165, 1.54) is 0 Å². The third kappa shape index (κ3) is 3.64. The number of anilines is 2. The number of aromatic amines is 1. The van der Waals surface area contributed by atoms with E-state index in [4.69, 9.17) is 0 Å². The van der Waals surface area contributed by atoms with Gasteiger partial charge in [-0.15, -0.1) is 0 Å². The SMILES string of the molecule is CC(C)c1cc(NC(=O)c2ccc(NC(=O)C3CC3C)cc2)n[nH]1. The van der Waals surface area contributed by atoms with Gasteiger partial charge in [0.05, 0.1) is 0 Å². The lowest BCUT2D eigenvalue weighted by Crippen LogP contribution is -2.15. The first-order valence-electron chi connectivity index (χ1n) is 8.21. The van der Waals surface area contributed by atoms with E-state index in [2.05, 4.69) is 41.6 Å². The average molecular weight is 326 g/mol. The summed E-state index contributed by atoms with van der Waals surface area (Å²) in [6.45, 7) is 6.17. The molecule has 0 spiro atoms. The monoisotopic (exact) mass is 326 g/mol. The number of hydrogen-bond donors (Lipinski definition) is 3. The van der Waals surface area contributed by atoms with Crippen molar-refractivity contribution in [3.05, 3.63) is 41.6 Å². The molecular formula is C18H22N4O2. The van der Waals surface area contributed by atoms with Crippen LogP contribution in [0.25, 0.3) is 0 Å². The fourth-order valence-electron chi connectivity index (χ4n) is 2.51. The van der Waals surface area contributed by atoms with Gasteiger partial charge >= 0.3 is 0 Å². The van der Waals surface area contributed by atoms with E-state index in [0.717, 1.165) is 12.1 Å². The Morgan fingerprint density at radius 1 is 1.21 bits per heavy atom. The highest BCUT2D eigenvalue weighted by atomic mass is 16.2. The van der Waals surface area contributed by atoms with Gasteiger partial charge in [-0.3, -0.25) is 14.7 Å². The Labute approximate surface area is 141 Å². The maximum Gasteiger partial charge on any atom is 0.256 e. The predicted molar refractivity (Wildman–Crippen MR) is 93.0 cm³/mol. The number of amides is 2. The first kappa shape index (κ1) is 16.2. The van der Waals surface area contributed by atoms with Crippen molar-refractivity contribution in [2.75, 3.05) is 10.6 Å². The Morgan fingerprint density at radius 3 is 2.42 bits per heavy atom. The summed E-state index contributed by atoms with van der Waals surface area (Å²) >= 11 is 0. The van der Waals surface area contributed by atoms with Crippen molar-refractivity contribution >= 4 is 23.3 Å². The van der Waals surface area contributed by atoms with Crippen LogP contribution in [0.3, 0.4) is 0 Å². The summed E-state index contributed by atoms with van der Waals surface area (Å²) in [5.41, 5.74) is 2.19. The van der Waals surface area contributed by atoms with Crippen LogP contribution in [0.15, 0.2) is 30.3 Å². The van der Waals surface area contributed by atoms with E-state index in [-0.39, 0.29) is 17.7 Å². The van der Waals surface area contributed by atoms with E-state index in [1.54, 1.807) is 24.3 Å².